The first-order valence-electron chi connectivity index (χ1n) is 5.26. The Morgan fingerprint density at radius 1 is 1.20 bits per heavy atom. The molecule has 0 saturated heterocycles. The molecule has 3 heteroatoms. The maximum absolute atomic E-state index is 9.83. The minimum Gasteiger partial charge on any atom is -0.390 e. The minimum atomic E-state index is -0.460. The SMILES string of the molecule is C=CCC[C@H](OCOC)[C@@H](O)CCC=C. The average Bonchev–Trinajstić information content (AvgIpc) is 2.26. The van der Waals surface area contributed by atoms with Gasteiger partial charge in [0.1, 0.15) is 6.79 Å². The summed E-state index contributed by atoms with van der Waals surface area (Å²) in [5.74, 6) is 0. The topological polar surface area (TPSA) is 38.7 Å². The van der Waals surface area contributed by atoms with Crippen LogP contribution in [0.4, 0.5) is 0 Å². The highest BCUT2D eigenvalue weighted by Crippen LogP contribution is 2.12. The lowest BCUT2D eigenvalue weighted by atomic mass is 10.0. The number of allylic oxidation sites excluding steroid dienone is 2. The minimum absolute atomic E-state index is 0.178. The average molecular weight is 214 g/mol. The van der Waals surface area contributed by atoms with E-state index >= 15 is 0 Å². The molecule has 0 aromatic carbocycles. The van der Waals surface area contributed by atoms with E-state index in [4.69, 9.17) is 9.47 Å². The van der Waals surface area contributed by atoms with Gasteiger partial charge in [-0.1, -0.05) is 12.2 Å². The van der Waals surface area contributed by atoms with Crippen LogP contribution in [-0.2, 0) is 9.47 Å². The summed E-state index contributed by atoms with van der Waals surface area (Å²) in [5, 5.41) is 9.83. The van der Waals surface area contributed by atoms with Crippen LogP contribution >= 0.6 is 0 Å². The van der Waals surface area contributed by atoms with Gasteiger partial charge < -0.3 is 14.6 Å². The predicted octanol–water partition coefficient (Wildman–Crippen LogP) is 2.27. The normalized spacial score (nSPS) is 14.5. The van der Waals surface area contributed by atoms with Gasteiger partial charge in [-0.2, -0.15) is 0 Å². The molecule has 0 aliphatic heterocycles. The third-order valence-electron chi connectivity index (χ3n) is 2.15. The van der Waals surface area contributed by atoms with Crippen LogP contribution in [0.3, 0.4) is 0 Å². The first kappa shape index (κ1) is 14.4. The summed E-state index contributed by atoms with van der Waals surface area (Å²) in [6.45, 7) is 7.49. The van der Waals surface area contributed by atoms with E-state index in [2.05, 4.69) is 13.2 Å². The first-order valence-corrected chi connectivity index (χ1v) is 5.26. The summed E-state index contributed by atoms with van der Waals surface area (Å²) < 4.78 is 10.2. The molecule has 0 bridgehead atoms. The van der Waals surface area contributed by atoms with Gasteiger partial charge in [0.05, 0.1) is 12.2 Å². The van der Waals surface area contributed by atoms with Gasteiger partial charge in [-0.3, -0.25) is 0 Å². The summed E-state index contributed by atoms with van der Waals surface area (Å²) in [4.78, 5) is 0. The number of aliphatic hydroxyl groups excluding tert-OH is 1. The summed E-state index contributed by atoms with van der Waals surface area (Å²) in [6.07, 6.45) is 6.05. The number of hydrogen-bond donors (Lipinski definition) is 1. The van der Waals surface area contributed by atoms with Crippen LogP contribution < -0.4 is 0 Å². The third kappa shape index (κ3) is 7.31. The molecule has 2 atom stereocenters. The molecule has 0 aliphatic carbocycles. The van der Waals surface area contributed by atoms with Crippen molar-refractivity contribution in [2.45, 2.75) is 37.9 Å². The van der Waals surface area contributed by atoms with Crippen molar-refractivity contribution in [3.05, 3.63) is 25.3 Å². The molecule has 0 fully saturated rings. The van der Waals surface area contributed by atoms with E-state index in [0.29, 0.717) is 6.42 Å². The van der Waals surface area contributed by atoms with Crippen LogP contribution in [0.1, 0.15) is 25.7 Å². The van der Waals surface area contributed by atoms with Crippen molar-refractivity contribution < 1.29 is 14.6 Å². The quantitative estimate of drug-likeness (QED) is 0.448. The van der Waals surface area contributed by atoms with E-state index in [1.807, 2.05) is 6.08 Å². The number of rotatable bonds is 10. The van der Waals surface area contributed by atoms with Crippen molar-refractivity contribution >= 4 is 0 Å². The fraction of sp³-hybridized carbons (Fsp3) is 0.667. The Kier molecular flexibility index (Phi) is 9.48. The lowest BCUT2D eigenvalue weighted by Crippen LogP contribution is -2.29. The van der Waals surface area contributed by atoms with Crippen LogP contribution in [0, 0.1) is 0 Å². The van der Waals surface area contributed by atoms with Gasteiger partial charge in [-0.25, -0.2) is 0 Å². The predicted molar refractivity (Wildman–Crippen MR) is 61.6 cm³/mol. The molecule has 3 nitrogen and oxygen atoms in total. The highest BCUT2D eigenvalue weighted by atomic mass is 16.7. The second kappa shape index (κ2) is 9.90. The monoisotopic (exact) mass is 214 g/mol. The summed E-state index contributed by atoms with van der Waals surface area (Å²) in [6, 6.07) is 0. The van der Waals surface area contributed by atoms with Crippen molar-refractivity contribution in [3.8, 4) is 0 Å². The highest BCUT2D eigenvalue weighted by molar-refractivity contribution is 4.77. The molecule has 1 N–H and O–H groups in total. The van der Waals surface area contributed by atoms with Gasteiger partial charge in [0.2, 0.25) is 0 Å². The fourth-order valence-electron chi connectivity index (χ4n) is 1.30. The van der Waals surface area contributed by atoms with Gasteiger partial charge in [0.25, 0.3) is 0 Å². The van der Waals surface area contributed by atoms with Gasteiger partial charge in [-0.05, 0) is 25.7 Å². The number of aliphatic hydroxyl groups is 1. The van der Waals surface area contributed by atoms with Crippen LogP contribution in [0.2, 0.25) is 0 Å². The van der Waals surface area contributed by atoms with Crippen molar-refractivity contribution in [2.75, 3.05) is 13.9 Å². The zero-order valence-electron chi connectivity index (χ0n) is 9.52. The second-order valence-corrected chi connectivity index (χ2v) is 3.41. The van der Waals surface area contributed by atoms with Crippen molar-refractivity contribution in [1.82, 2.24) is 0 Å². The largest absolute Gasteiger partial charge is 0.390 e. The van der Waals surface area contributed by atoms with E-state index < -0.39 is 6.10 Å². The smallest absolute Gasteiger partial charge is 0.146 e. The molecule has 88 valence electrons. The summed E-state index contributed by atoms with van der Waals surface area (Å²) in [7, 11) is 1.57. The maximum atomic E-state index is 9.83. The Morgan fingerprint density at radius 3 is 2.33 bits per heavy atom. The van der Waals surface area contributed by atoms with Crippen molar-refractivity contribution in [1.29, 1.82) is 0 Å². The van der Waals surface area contributed by atoms with Crippen molar-refractivity contribution in [2.24, 2.45) is 0 Å². The molecule has 0 aliphatic rings. The van der Waals surface area contributed by atoms with E-state index in [1.165, 1.54) is 0 Å². The van der Waals surface area contributed by atoms with E-state index in [1.54, 1.807) is 13.2 Å². The Bertz CT molecular complexity index is 168. The van der Waals surface area contributed by atoms with Gasteiger partial charge in [-0.15, -0.1) is 13.2 Å². The van der Waals surface area contributed by atoms with Crippen LogP contribution in [0.5, 0.6) is 0 Å². The standard InChI is InChI=1S/C12H22O3/c1-4-6-8-11(13)12(9-7-5-2)15-10-14-3/h4-5,11-13H,1-2,6-10H2,3H3/t11-,12-/m0/s1. The molecule has 0 heterocycles. The maximum Gasteiger partial charge on any atom is 0.146 e. The molecule has 0 saturated carbocycles. The van der Waals surface area contributed by atoms with E-state index in [-0.39, 0.29) is 12.9 Å². The lowest BCUT2D eigenvalue weighted by Gasteiger charge is -2.22. The van der Waals surface area contributed by atoms with Gasteiger partial charge >= 0.3 is 0 Å². The number of hydrogen-bond acceptors (Lipinski definition) is 3. The first-order chi connectivity index (χ1) is 7.26. The van der Waals surface area contributed by atoms with E-state index in [0.717, 1.165) is 19.3 Å². The molecule has 0 spiro atoms. The second-order valence-electron chi connectivity index (χ2n) is 3.41. The molecular weight excluding hydrogens is 192 g/mol. The number of methoxy groups -OCH3 is 1. The Balaban J connectivity index is 3.94. The van der Waals surface area contributed by atoms with Crippen molar-refractivity contribution in [3.63, 3.8) is 0 Å². The fourth-order valence-corrected chi connectivity index (χ4v) is 1.30. The molecule has 0 rings (SSSR count). The molecule has 0 radical (unpaired) electrons. The Labute approximate surface area is 92.4 Å². The lowest BCUT2D eigenvalue weighted by molar-refractivity contribution is -0.115. The summed E-state index contributed by atoms with van der Waals surface area (Å²) in [5.41, 5.74) is 0. The molecular formula is C12H22O3. The Hall–Kier alpha value is -0.640. The van der Waals surface area contributed by atoms with Crippen LogP contribution in [0.25, 0.3) is 0 Å². The highest BCUT2D eigenvalue weighted by Gasteiger charge is 2.18. The van der Waals surface area contributed by atoms with E-state index in [9.17, 15) is 5.11 Å². The number of ether oxygens (including phenoxy) is 2. The molecule has 0 unspecified atom stereocenters. The molecule has 0 aromatic rings. The Morgan fingerprint density at radius 2 is 1.80 bits per heavy atom. The molecule has 0 aromatic heterocycles. The van der Waals surface area contributed by atoms with Gasteiger partial charge in [0, 0.05) is 7.11 Å². The van der Waals surface area contributed by atoms with Crippen LogP contribution in [-0.4, -0.2) is 31.2 Å². The summed E-state index contributed by atoms with van der Waals surface area (Å²) >= 11 is 0. The van der Waals surface area contributed by atoms with Crippen LogP contribution in [0.15, 0.2) is 25.3 Å². The molecule has 15 heavy (non-hydrogen) atoms. The third-order valence-corrected chi connectivity index (χ3v) is 2.15. The molecule has 0 amide bonds. The zero-order valence-corrected chi connectivity index (χ0v) is 9.52. The zero-order chi connectivity index (χ0) is 11.5. The van der Waals surface area contributed by atoms with Gasteiger partial charge in [0.15, 0.2) is 0 Å².